The lowest BCUT2D eigenvalue weighted by Crippen LogP contribution is -2.57. The third-order valence-corrected chi connectivity index (χ3v) is 4.66. The molecule has 2 heteroatoms. The van der Waals surface area contributed by atoms with Crippen LogP contribution in [0.15, 0.2) is 0 Å². The highest BCUT2D eigenvalue weighted by molar-refractivity contribution is 4.99. The molecule has 1 aliphatic heterocycles. The van der Waals surface area contributed by atoms with Crippen LogP contribution in [0.3, 0.4) is 0 Å². The average Bonchev–Trinajstić information content (AvgIpc) is 2.25. The van der Waals surface area contributed by atoms with Crippen molar-refractivity contribution in [2.75, 3.05) is 13.2 Å². The van der Waals surface area contributed by atoms with Crippen LogP contribution in [0.1, 0.15) is 46.0 Å². The normalized spacial score (nSPS) is 47.8. The van der Waals surface area contributed by atoms with Gasteiger partial charge >= 0.3 is 0 Å². The van der Waals surface area contributed by atoms with E-state index in [2.05, 4.69) is 13.8 Å². The van der Waals surface area contributed by atoms with Gasteiger partial charge in [0, 0.05) is 18.1 Å². The minimum absolute atomic E-state index is 0.0624. The zero-order chi connectivity index (χ0) is 10.9. The van der Waals surface area contributed by atoms with Crippen LogP contribution in [-0.4, -0.2) is 18.8 Å². The van der Waals surface area contributed by atoms with Gasteiger partial charge in [-0.05, 0) is 43.9 Å². The molecule has 1 saturated heterocycles. The summed E-state index contributed by atoms with van der Waals surface area (Å²) in [5.74, 6) is 2.13. The lowest BCUT2D eigenvalue weighted by Gasteiger charge is -2.48. The fourth-order valence-corrected chi connectivity index (χ4v) is 3.45. The Bertz CT molecular complexity index is 213. The van der Waals surface area contributed by atoms with Gasteiger partial charge in [0.15, 0.2) is 0 Å². The minimum Gasteiger partial charge on any atom is -0.381 e. The molecule has 88 valence electrons. The van der Waals surface area contributed by atoms with Gasteiger partial charge in [0.1, 0.15) is 0 Å². The monoisotopic (exact) mass is 211 g/mol. The van der Waals surface area contributed by atoms with Crippen LogP contribution in [-0.2, 0) is 4.74 Å². The standard InChI is InChI=1S/C13H25NO/c1-10-5-6-13(14,11(2)8-10)12-4-3-7-15-9-12/h10-12H,3-9,14H2,1-2H3. The van der Waals surface area contributed by atoms with Crippen molar-refractivity contribution in [3.63, 3.8) is 0 Å². The number of hydrogen-bond acceptors (Lipinski definition) is 2. The summed E-state index contributed by atoms with van der Waals surface area (Å²) in [6.45, 7) is 6.53. The number of hydrogen-bond donors (Lipinski definition) is 1. The lowest BCUT2D eigenvalue weighted by atomic mass is 9.63. The molecule has 4 unspecified atom stereocenters. The third kappa shape index (κ3) is 2.21. The molecule has 2 rings (SSSR count). The Morgan fingerprint density at radius 1 is 1.27 bits per heavy atom. The van der Waals surface area contributed by atoms with Crippen LogP contribution in [0, 0.1) is 17.8 Å². The smallest absolute Gasteiger partial charge is 0.0511 e. The summed E-state index contributed by atoms with van der Waals surface area (Å²) in [6.07, 6.45) is 6.27. The highest BCUT2D eigenvalue weighted by atomic mass is 16.5. The Kier molecular flexibility index (Phi) is 3.36. The highest BCUT2D eigenvalue weighted by Crippen LogP contribution is 2.42. The molecule has 0 spiro atoms. The predicted octanol–water partition coefficient (Wildman–Crippen LogP) is 2.57. The predicted molar refractivity (Wildman–Crippen MR) is 62.6 cm³/mol. The Morgan fingerprint density at radius 2 is 2.07 bits per heavy atom. The van der Waals surface area contributed by atoms with E-state index < -0.39 is 0 Å². The van der Waals surface area contributed by atoms with E-state index >= 15 is 0 Å². The molecule has 0 aromatic carbocycles. The Labute approximate surface area is 93.6 Å². The van der Waals surface area contributed by atoms with Gasteiger partial charge in [-0.15, -0.1) is 0 Å². The molecular weight excluding hydrogens is 186 g/mol. The van der Waals surface area contributed by atoms with Crippen molar-refractivity contribution in [3.8, 4) is 0 Å². The molecule has 0 aromatic rings. The van der Waals surface area contributed by atoms with Crippen LogP contribution in [0.2, 0.25) is 0 Å². The topological polar surface area (TPSA) is 35.2 Å². The number of nitrogens with two attached hydrogens (primary N) is 1. The SMILES string of the molecule is CC1CCC(N)(C2CCCOC2)C(C)C1. The molecule has 2 fully saturated rings. The first-order chi connectivity index (χ1) is 7.13. The van der Waals surface area contributed by atoms with E-state index in [1.165, 1.54) is 32.1 Å². The zero-order valence-corrected chi connectivity index (χ0v) is 10.2. The summed E-state index contributed by atoms with van der Waals surface area (Å²) in [5.41, 5.74) is 6.72. The second-order valence-electron chi connectivity index (χ2n) is 5.81. The highest BCUT2D eigenvalue weighted by Gasteiger charge is 2.43. The van der Waals surface area contributed by atoms with E-state index in [0.717, 1.165) is 19.1 Å². The van der Waals surface area contributed by atoms with Crippen molar-refractivity contribution in [2.45, 2.75) is 51.5 Å². The van der Waals surface area contributed by atoms with Crippen LogP contribution >= 0.6 is 0 Å². The third-order valence-electron chi connectivity index (χ3n) is 4.66. The average molecular weight is 211 g/mol. The summed E-state index contributed by atoms with van der Waals surface area (Å²) < 4.78 is 5.60. The first-order valence-corrected chi connectivity index (χ1v) is 6.49. The van der Waals surface area contributed by atoms with Crippen LogP contribution in [0.5, 0.6) is 0 Å². The second-order valence-corrected chi connectivity index (χ2v) is 5.81. The molecule has 4 atom stereocenters. The van der Waals surface area contributed by atoms with E-state index in [-0.39, 0.29) is 5.54 Å². The summed E-state index contributed by atoms with van der Waals surface area (Å²) in [6, 6.07) is 0. The number of rotatable bonds is 1. The second kappa shape index (κ2) is 4.42. The van der Waals surface area contributed by atoms with Crippen molar-refractivity contribution in [1.29, 1.82) is 0 Å². The van der Waals surface area contributed by atoms with Gasteiger partial charge in [-0.25, -0.2) is 0 Å². The Balaban J connectivity index is 2.03. The molecule has 1 saturated carbocycles. The van der Waals surface area contributed by atoms with E-state index in [1.807, 2.05) is 0 Å². The summed E-state index contributed by atoms with van der Waals surface area (Å²) in [5, 5.41) is 0. The molecule has 2 N–H and O–H groups in total. The lowest BCUT2D eigenvalue weighted by molar-refractivity contribution is -0.0121. The minimum atomic E-state index is 0.0624. The first-order valence-electron chi connectivity index (χ1n) is 6.49. The Morgan fingerprint density at radius 3 is 2.67 bits per heavy atom. The van der Waals surface area contributed by atoms with Crippen LogP contribution in [0.25, 0.3) is 0 Å². The molecule has 0 aromatic heterocycles. The molecule has 1 heterocycles. The van der Waals surface area contributed by atoms with Crippen molar-refractivity contribution in [1.82, 2.24) is 0 Å². The summed E-state index contributed by atoms with van der Waals surface area (Å²) in [4.78, 5) is 0. The largest absolute Gasteiger partial charge is 0.381 e. The molecular formula is C13H25NO. The van der Waals surface area contributed by atoms with Crippen LogP contribution < -0.4 is 5.73 Å². The van der Waals surface area contributed by atoms with Crippen LogP contribution in [0.4, 0.5) is 0 Å². The quantitative estimate of drug-likeness (QED) is 0.723. The molecule has 2 aliphatic rings. The van der Waals surface area contributed by atoms with E-state index in [1.54, 1.807) is 0 Å². The molecule has 2 nitrogen and oxygen atoms in total. The van der Waals surface area contributed by atoms with Crippen molar-refractivity contribution in [2.24, 2.45) is 23.5 Å². The fourth-order valence-electron chi connectivity index (χ4n) is 3.45. The molecule has 0 bridgehead atoms. The maximum Gasteiger partial charge on any atom is 0.0511 e. The van der Waals surface area contributed by atoms with Gasteiger partial charge in [-0.1, -0.05) is 13.8 Å². The Hall–Kier alpha value is -0.0800. The van der Waals surface area contributed by atoms with Crippen molar-refractivity contribution in [3.05, 3.63) is 0 Å². The molecule has 0 radical (unpaired) electrons. The van der Waals surface area contributed by atoms with Gasteiger partial charge in [0.25, 0.3) is 0 Å². The molecule has 1 aliphatic carbocycles. The summed E-state index contributed by atoms with van der Waals surface area (Å²) in [7, 11) is 0. The van der Waals surface area contributed by atoms with Gasteiger partial charge < -0.3 is 10.5 Å². The van der Waals surface area contributed by atoms with E-state index in [4.69, 9.17) is 10.5 Å². The fraction of sp³-hybridized carbons (Fsp3) is 1.00. The molecule has 15 heavy (non-hydrogen) atoms. The maximum atomic E-state index is 6.66. The van der Waals surface area contributed by atoms with Crippen molar-refractivity contribution < 1.29 is 4.74 Å². The van der Waals surface area contributed by atoms with Gasteiger partial charge in [0.05, 0.1) is 6.61 Å². The number of ether oxygens (including phenoxy) is 1. The summed E-state index contributed by atoms with van der Waals surface area (Å²) >= 11 is 0. The first kappa shape index (κ1) is 11.4. The maximum absolute atomic E-state index is 6.66. The zero-order valence-electron chi connectivity index (χ0n) is 10.2. The van der Waals surface area contributed by atoms with E-state index in [0.29, 0.717) is 11.8 Å². The van der Waals surface area contributed by atoms with E-state index in [9.17, 15) is 0 Å². The van der Waals surface area contributed by atoms with Gasteiger partial charge in [-0.3, -0.25) is 0 Å². The van der Waals surface area contributed by atoms with Gasteiger partial charge in [0.2, 0.25) is 0 Å². The van der Waals surface area contributed by atoms with Gasteiger partial charge in [-0.2, -0.15) is 0 Å². The van der Waals surface area contributed by atoms with Crippen molar-refractivity contribution >= 4 is 0 Å². The molecule has 0 amide bonds.